The number of hydrogen-bond donors (Lipinski definition) is 0. The van der Waals surface area contributed by atoms with E-state index >= 15 is 0 Å². The highest BCUT2D eigenvalue weighted by atomic mass is 16.5. The van der Waals surface area contributed by atoms with Gasteiger partial charge in [-0.05, 0) is 19.4 Å². The summed E-state index contributed by atoms with van der Waals surface area (Å²) in [7, 11) is 1.70. The number of hydrogen-bond acceptors (Lipinski definition) is 3. The molecule has 3 nitrogen and oxygen atoms in total. The molecule has 0 N–H and O–H groups in total. The fourth-order valence-electron chi connectivity index (χ4n) is 2.09. The number of methoxy groups -OCH3 is 1. The highest BCUT2D eigenvalue weighted by Crippen LogP contribution is 2.19. The molecule has 1 aliphatic rings. The van der Waals surface area contributed by atoms with Gasteiger partial charge in [-0.15, -0.1) is 0 Å². The predicted octanol–water partition coefficient (Wildman–Crippen LogP) is 1.47. The van der Waals surface area contributed by atoms with Gasteiger partial charge in [0, 0.05) is 20.1 Å². The molecule has 0 aromatic rings. The van der Waals surface area contributed by atoms with Gasteiger partial charge in [0.2, 0.25) is 0 Å². The quantitative estimate of drug-likeness (QED) is 0.671. The van der Waals surface area contributed by atoms with Crippen molar-refractivity contribution in [1.82, 2.24) is 4.90 Å². The molecule has 3 heteroatoms. The van der Waals surface area contributed by atoms with Crippen LogP contribution in [0.3, 0.4) is 0 Å². The normalized spacial score (nSPS) is 23.1. The highest BCUT2D eigenvalue weighted by Gasteiger charge is 2.26. The molecule has 0 spiro atoms. The summed E-state index contributed by atoms with van der Waals surface area (Å²) >= 11 is 0. The van der Waals surface area contributed by atoms with E-state index in [2.05, 4.69) is 11.8 Å². The van der Waals surface area contributed by atoms with E-state index in [0.717, 1.165) is 39.0 Å². The third kappa shape index (κ3) is 3.07. The van der Waals surface area contributed by atoms with Crippen LogP contribution in [-0.4, -0.2) is 43.5 Å². The van der Waals surface area contributed by atoms with E-state index in [4.69, 9.17) is 4.74 Å². The predicted molar refractivity (Wildman–Crippen MR) is 56.4 cm³/mol. The highest BCUT2D eigenvalue weighted by molar-refractivity contribution is 5.84. The Morgan fingerprint density at radius 3 is 2.86 bits per heavy atom. The summed E-state index contributed by atoms with van der Waals surface area (Å²) in [4.78, 5) is 13.9. The molecular weight excluding hydrogens is 178 g/mol. The summed E-state index contributed by atoms with van der Waals surface area (Å²) in [5.74, 6) is 0.425. The van der Waals surface area contributed by atoms with Gasteiger partial charge in [-0.1, -0.05) is 13.3 Å². The summed E-state index contributed by atoms with van der Waals surface area (Å²) in [6.07, 6.45) is 4.08. The van der Waals surface area contributed by atoms with Crippen LogP contribution in [0.1, 0.15) is 32.6 Å². The molecule has 0 bridgehead atoms. The number of ether oxygens (including phenoxy) is 1. The van der Waals surface area contributed by atoms with Crippen LogP contribution in [0.5, 0.6) is 0 Å². The molecule has 0 aromatic carbocycles. The van der Waals surface area contributed by atoms with E-state index in [9.17, 15) is 4.79 Å². The van der Waals surface area contributed by atoms with Crippen LogP contribution in [0.25, 0.3) is 0 Å². The zero-order valence-electron chi connectivity index (χ0n) is 9.29. The second-order valence-corrected chi connectivity index (χ2v) is 3.85. The molecule has 1 rings (SSSR count). The van der Waals surface area contributed by atoms with Gasteiger partial charge in [0.1, 0.15) is 5.78 Å². The number of nitrogens with zero attached hydrogens (tertiary/aromatic N) is 1. The van der Waals surface area contributed by atoms with Crippen molar-refractivity contribution in [2.45, 2.75) is 38.6 Å². The van der Waals surface area contributed by atoms with E-state index < -0.39 is 0 Å². The van der Waals surface area contributed by atoms with Gasteiger partial charge in [-0.3, -0.25) is 9.69 Å². The van der Waals surface area contributed by atoms with E-state index in [1.54, 1.807) is 7.11 Å². The topological polar surface area (TPSA) is 29.5 Å². The molecule has 0 heterocycles. The molecule has 1 unspecified atom stereocenters. The smallest absolute Gasteiger partial charge is 0.149 e. The summed E-state index contributed by atoms with van der Waals surface area (Å²) in [5.41, 5.74) is 0. The maximum absolute atomic E-state index is 11.7. The monoisotopic (exact) mass is 199 g/mol. The minimum absolute atomic E-state index is 0.170. The zero-order valence-corrected chi connectivity index (χ0v) is 9.29. The van der Waals surface area contributed by atoms with Crippen LogP contribution in [0.15, 0.2) is 0 Å². The average molecular weight is 199 g/mol. The fourth-order valence-corrected chi connectivity index (χ4v) is 2.09. The first-order chi connectivity index (χ1) is 6.79. The van der Waals surface area contributed by atoms with Crippen molar-refractivity contribution in [3.8, 4) is 0 Å². The maximum atomic E-state index is 11.7. The van der Waals surface area contributed by atoms with E-state index in [-0.39, 0.29) is 6.04 Å². The van der Waals surface area contributed by atoms with Gasteiger partial charge in [-0.2, -0.15) is 0 Å². The molecular formula is C11H21NO2. The van der Waals surface area contributed by atoms with Crippen molar-refractivity contribution < 1.29 is 9.53 Å². The number of ketones is 1. The van der Waals surface area contributed by atoms with Gasteiger partial charge >= 0.3 is 0 Å². The summed E-state index contributed by atoms with van der Waals surface area (Å²) < 4.78 is 5.05. The van der Waals surface area contributed by atoms with E-state index in [1.165, 1.54) is 6.42 Å². The van der Waals surface area contributed by atoms with Gasteiger partial charge in [-0.25, -0.2) is 0 Å². The lowest BCUT2D eigenvalue weighted by molar-refractivity contribution is -0.126. The Kier molecular flexibility index (Phi) is 5.12. The Bertz CT molecular complexity index is 182. The van der Waals surface area contributed by atoms with E-state index in [1.807, 2.05) is 0 Å². The van der Waals surface area contributed by atoms with Gasteiger partial charge < -0.3 is 4.74 Å². The molecule has 1 atom stereocenters. The van der Waals surface area contributed by atoms with Crippen molar-refractivity contribution in [3.05, 3.63) is 0 Å². The van der Waals surface area contributed by atoms with Crippen LogP contribution in [0, 0.1) is 0 Å². The lowest BCUT2D eigenvalue weighted by atomic mass is 9.93. The first-order valence-corrected chi connectivity index (χ1v) is 5.55. The van der Waals surface area contributed by atoms with Crippen LogP contribution in [-0.2, 0) is 9.53 Å². The first kappa shape index (κ1) is 11.7. The molecule has 0 aromatic heterocycles. The summed E-state index contributed by atoms with van der Waals surface area (Å²) in [6, 6.07) is 0.170. The minimum atomic E-state index is 0.170. The molecule has 0 amide bonds. The Hall–Kier alpha value is -0.410. The first-order valence-electron chi connectivity index (χ1n) is 5.55. The number of rotatable bonds is 5. The molecule has 1 fully saturated rings. The number of likely N-dealkylation sites (N-methyl/N-ethyl adjacent to an activating group) is 1. The van der Waals surface area contributed by atoms with Crippen LogP contribution >= 0.6 is 0 Å². The number of Topliss-reactive ketones (excluding diaryl/α,β-unsaturated/α-hetero) is 1. The van der Waals surface area contributed by atoms with E-state index in [0.29, 0.717) is 5.78 Å². The molecule has 82 valence electrons. The van der Waals surface area contributed by atoms with Gasteiger partial charge in [0.15, 0.2) is 0 Å². The molecule has 0 saturated heterocycles. The van der Waals surface area contributed by atoms with Crippen molar-refractivity contribution >= 4 is 5.78 Å². The molecule has 1 aliphatic carbocycles. The Morgan fingerprint density at radius 2 is 2.29 bits per heavy atom. The van der Waals surface area contributed by atoms with Crippen molar-refractivity contribution in [2.75, 3.05) is 26.8 Å². The Morgan fingerprint density at radius 1 is 1.50 bits per heavy atom. The van der Waals surface area contributed by atoms with Gasteiger partial charge in [0.25, 0.3) is 0 Å². The maximum Gasteiger partial charge on any atom is 0.149 e. The number of carbonyl (C=O) groups is 1. The SMILES string of the molecule is CCN(CCOC)C1CCCCC1=O. The third-order valence-corrected chi connectivity index (χ3v) is 2.95. The second-order valence-electron chi connectivity index (χ2n) is 3.85. The largest absolute Gasteiger partial charge is 0.383 e. The lowest BCUT2D eigenvalue weighted by Gasteiger charge is -2.31. The minimum Gasteiger partial charge on any atom is -0.383 e. The van der Waals surface area contributed by atoms with Crippen molar-refractivity contribution in [1.29, 1.82) is 0 Å². The van der Waals surface area contributed by atoms with Crippen molar-refractivity contribution in [2.24, 2.45) is 0 Å². The van der Waals surface area contributed by atoms with Crippen LogP contribution < -0.4 is 0 Å². The third-order valence-electron chi connectivity index (χ3n) is 2.95. The molecule has 14 heavy (non-hydrogen) atoms. The Balaban J connectivity index is 2.44. The number of carbonyl (C=O) groups excluding carboxylic acids is 1. The molecule has 0 radical (unpaired) electrons. The lowest BCUT2D eigenvalue weighted by Crippen LogP contribution is -2.44. The van der Waals surface area contributed by atoms with Crippen molar-refractivity contribution in [3.63, 3.8) is 0 Å². The second kappa shape index (κ2) is 6.14. The Labute approximate surface area is 86.4 Å². The standard InChI is InChI=1S/C11H21NO2/c1-3-12(8-9-14-2)10-6-4-5-7-11(10)13/h10H,3-9H2,1-2H3. The summed E-state index contributed by atoms with van der Waals surface area (Å²) in [5, 5.41) is 0. The van der Waals surface area contributed by atoms with Crippen LogP contribution in [0.4, 0.5) is 0 Å². The zero-order chi connectivity index (χ0) is 10.4. The van der Waals surface area contributed by atoms with Crippen LogP contribution in [0.2, 0.25) is 0 Å². The molecule has 0 aliphatic heterocycles. The molecule has 1 saturated carbocycles. The average Bonchev–Trinajstić information content (AvgIpc) is 2.21. The fraction of sp³-hybridized carbons (Fsp3) is 0.909. The van der Waals surface area contributed by atoms with Gasteiger partial charge in [0.05, 0.1) is 12.6 Å². The summed E-state index contributed by atoms with van der Waals surface area (Å²) in [6.45, 7) is 4.65.